The molecule has 1 amide bonds. The Hall–Kier alpha value is -0.830. The number of nitrogens with two attached hydrogens (primary N) is 1. The lowest BCUT2D eigenvalue weighted by Crippen LogP contribution is -2.33. The first kappa shape index (κ1) is 17.2. The second kappa shape index (κ2) is 11.3. The summed E-state index contributed by atoms with van der Waals surface area (Å²) in [5.74, 6) is 0.203. The average Bonchev–Trinajstić information content (AvgIpc) is 2.38. The minimum atomic E-state index is 0.203. The number of unbranched alkanes of at least 4 members (excludes halogenated alkanes) is 3. The van der Waals surface area contributed by atoms with Crippen LogP contribution in [0.4, 0.5) is 0 Å². The van der Waals surface area contributed by atoms with E-state index in [4.69, 9.17) is 5.73 Å². The molecule has 0 spiro atoms. The van der Waals surface area contributed by atoms with Gasteiger partial charge in [-0.15, -0.1) is 0 Å². The van der Waals surface area contributed by atoms with Crippen LogP contribution in [0.2, 0.25) is 0 Å². The summed E-state index contributed by atoms with van der Waals surface area (Å²) in [4.78, 5) is 14.3. The lowest BCUT2D eigenvalue weighted by Gasteiger charge is -2.22. The number of amides is 1. The molecule has 0 fully saturated rings. The predicted molar refractivity (Wildman–Crippen MR) is 78.4 cm³/mol. The Kier molecular flexibility index (Phi) is 10.8. The van der Waals surface area contributed by atoms with E-state index in [1.54, 1.807) is 0 Å². The van der Waals surface area contributed by atoms with Crippen LogP contribution in [0.3, 0.4) is 0 Å². The highest BCUT2D eigenvalue weighted by molar-refractivity contribution is 5.92. The number of carbonyl (C=O) groups is 1. The smallest absolute Gasteiger partial charge is 0.249 e. The van der Waals surface area contributed by atoms with E-state index in [-0.39, 0.29) is 5.91 Å². The second-order valence-electron chi connectivity index (χ2n) is 4.82. The van der Waals surface area contributed by atoms with Gasteiger partial charge in [0.05, 0.1) is 0 Å². The zero-order valence-electron chi connectivity index (χ0n) is 12.4. The van der Waals surface area contributed by atoms with Gasteiger partial charge in [-0.1, -0.05) is 32.8 Å². The van der Waals surface area contributed by atoms with Gasteiger partial charge in [0.15, 0.2) is 0 Å². The van der Waals surface area contributed by atoms with E-state index in [0.717, 1.165) is 57.2 Å². The standard InChI is InChI=1S/C15H30N2O/c1-4-6-12-17(13-7-5-2)15(18)14(3)10-8-9-11-16/h10H,4-9,11-13,16H2,1-3H3. The molecule has 0 heterocycles. The first-order chi connectivity index (χ1) is 8.67. The van der Waals surface area contributed by atoms with Crippen molar-refractivity contribution in [1.82, 2.24) is 4.90 Å². The Morgan fingerprint density at radius 3 is 2.11 bits per heavy atom. The van der Waals surface area contributed by atoms with Gasteiger partial charge < -0.3 is 10.6 Å². The quantitative estimate of drug-likeness (QED) is 0.481. The summed E-state index contributed by atoms with van der Waals surface area (Å²) in [6, 6.07) is 0. The minimum Gasteiger partial charge on any atom is -0.339 e. The van der Waals surface area contributed by atoms with Crippen molar-refractivity contribution in [3.8, 4) is 0 Å². The fourth-order valence-electron chi connectivity index (χ4n) is 1.79. The van der Waals surface area contributed by atoms with Crippen LogP contribution in [0.1, 0.15) is 59.3 Å². The molecule has 0 aliphatic heterocycles. The fraction of sp³-hybridized carbons (Fsp3) is 0.800. The van der Waals surface area contributed by atoms with Crippen molar-refractivity contribution >= 4 is 5.91 Å². The Bertz CT molecular complexity index is 241. The molecular weight excluding hydrogens is 224 g/mol. The maximum absolute atomic E-state index is 12.3. The molecule has 0 bridgehead atoms. The highest BCUT2D eigenvalue weighted by atomic mass is 16.2. The molecule has 0 aliphatic carbocycles. The Morgan fingerprint density at radius 2 is 1.67 bits per heavy atom. The summed E-state index contributed by atoms with van der Waals surface area (Å²) < 4.78 is 0. The lowest BCUT2D eigenvalue weighted by atomic mass is 10.1. The maximum atomic E-state index is 12.3. The minimum absolute atomic E-state index is 0.203. The van der Waals surface area contributed by atoms with Crippen LogP contribution >= 0.6 is 0 Å². The van der Waals surface area contributed by atoms with Crippen molar-refractivity contribution in [3.05, 3.63) is 11.6 Å². The van der Waals surface area contributed by atoms with Gasteiger partial charge in [-0.25, -0.2) is 0 Å². The molecule has 2 N–H and O–H groups in total. The first-order valence-electron chi connectivity index (χ1n) is 7.33. The summed E-state index contributed by atoms with van der Waals surface area (Å²) >= 11 is 0. The van der Waals surface area contributed by atoms with E-state index in [9.17, 15) is 4.79 Å². The molecule has 0 unspecified atom stereocenters. The van der Waals surface area contributed by atoms with Gasteiger partial charge in [0.25, 0.3) is 0 Å². The van der Waals surface area contributed by atoms with Crippen molar-refractivity contribution in [2.75, 3.05) is 19.6 Å². The molecule has 3 nitrogen and oxygen atoms in total. The number of carbonyl (C=O) groups excluding carboxylic acids is 1. The lowest BCUT2D eigenvalue weighted by molar-refractivity contribution is -0.127. The number of nitrogens with zero attached hydrogens (tertiary/aromatic N) is 1. The van der Waals surface area contributed by atoms with Crippen molar-refractivity contribution in [2.24, 2.45) is 5.73 Å². The summed E-state index contributed by atoms with van der Waals surface area (Å²) in [6.45, 7) is 8.70. The Labute approximate surface area is 112 Å². The Morgan fingerprint density at radius 1 is 1.11 bits per heavy atom. The van der Waals surface area contributed by atoms with Crippen molar-refractivity contribution in [1.29, 1.82) is 0 Å². The van der Waals surface area contributed by atoms with E-state index >= 15 is 0 Å². The summed E-state index contributed by atoms with van der Waals surface area (Å²) in [5.41, 5.74) is 6.33. The largest absolute Gasteiger partial charge is 0.339 e. The summed E-state index contributed by atoms with van der Waals surface area (Å²) in [7, 11) is 0. The number of allylic oxidation sites excluding steroid dienone is 1. The summed E-state index contributed by atoms with van der Waals surface area (Å²) in [5, 5.41) is 0. The molecule has 0 radical (unpaired) electrons. The normalized spacial score (nSPS) is 11.7. The van der Waals surface area contributed by atoms with Gasteiger partial charge >= 0.3 is 0 Å². The third kappa shape index (κ3) is 7.49. The van der Waals surface area contributed by atoms with Crippen LogP contribution in [0, 0.1) is 0 Å². The van der Waals surface area contributed by atoms with Gasteiger partial charge in [0.2, 0.25) is 5.91 Å². The highest BCUT2D eigenvalue weighted by Crippen LogP contribution is 2.07. The van der Waals surface area contributed by atoms with Gasteiger partial charge in [-0.05, 0) is 39.2 Å². The SMILES string of the molecule is CCCCN(CCCC)C(=O)C(C)=CCCCN. The topological polar surface area (TPSA) is 46.3 Å². The van der Waals surface area contributed by atoms with E-state index in [2.05, 4.69) is 13.8 Å². The molecule has 0 aromatic carbocycles. The zero-order chi connectivity index (χ0) is 13.8. The molecule has 0 aromatic heterocycles. The summed E-state index contributed by atoms with van der Waals surface area (Å²) in [6.07, 6.45) is 8.33. The third-order valence-electron chi connectivity index (χ3n) is 3.05. The highest BCUT2D eigenvalue weighted by Gasteiger charge is 2.13. The molecule has 0 aliphatic rings. The molecule has 3 heteroatoms. The van der Waals surface area contributed by atoms with Crippen LogP contribution in [-0.2, 0) is 4.79 Å². The zero-order valence-corrected chi connectivity index (χ0v) is 12.4. The number of rotatable bonds is 10. The molecule has 0 saturated carbocycles. The van der Waals surface area contributed by atoms with E-state index in [0.29, 0.717) is 6.54 Å². The van der Waals surface area contributed by atoms with Gasteiger partial charge in [-0.3, -0.25) is 4.79 Å². The average molecular weight is 254 g/mol. The van der Waals surface area contributed by atoms with Crippen molar-refractivity contribution in [3.63, 3.8) is 0 Å². The molecule has 18 heavy (non-hydrogen) atoms. The second-order valence-corrected chi connectivity index (χ2v) is 4.82. The van der Waals surface area contributed by atoms with Crippen molar-refractivity contribution in [2.45, 2.75) is 59.3 Å². The van der Waals surface area contributed by atoms with E-state index < -0.39 is 0 Å². The van der Waals surface area contributed by atoms with E-state index in [1.165, 1.54) is 0 Å². The molecule has 0 rings (SSSR count). The molecule has 106 valence electrons. The monoisotopic (exact) mass is 254 g/mol. The Balaban J connectivity index is 4.36. The van der Waals surface area contributed by atoms with Crippen LogP contribution in [-0.4, -0.2) is 30.4 Å². The third-order valence-corrected chi connectivity index (χ3v) is 3.05. The van der Waals surface area contributed by atoms with Crippen molar-refractivity contribution < 1.29 is 4.79 Å². The van der Waals surface area contributed by atoms with Crippen LogP contribution in [0.15, 0.2) is 11.6 Å². The van der Waals surface area contributed by atoms with E-state index in [1.807, 2.05) is 17.9 Å². The number of hydrogen-bond donors (Lipinski definition) is 1. The molecule has 0 atom stereocenters. The molecular formula is C15H30N2O. The predicted octanol–water partition coefficient (Wildman–Crippen LogP) is 3.10. The first-order valence-corrected chi connectivity index (χ1v) is 7.33. The van der Waals surface area contributed by atoms with Gasteiger partial charge in [-0.2, -0.15) is 0 Å². The van der Waals surface area contributed by atoms with Crippen LogP contribution < -0.4 is 5.73 Å². The van der Waals surface area contributed by atoms with Crippen LogP contribution in [0.25, 0.3) is 0 Å². The maximum Gasteiger partial charge on any atom is 0.249 e. The van der Waals surface area contributed by atoms with Gasteiger partial charge in [0, 0.05) is 18.7 Å². The molecule has 0 saturated heterocycles. The van der Waals surface area contributed by atoms with Crippen LogP contribution in [0.5, 0.6) is 0 Å². The fourth-order valence-corrected chi connectivity index (χ4v) is 1.79. The molecule has 0 aromatic rings. The number of hydrogen-bond acceptors (Lipinski definition) is 2. The van der Waals surface area contributed by atoms with Gasteiger partial charge in [0.1, 0.15) is 0 Å².